The number of hydrogen-bond acceptors (Lipinski definition) is 2. The fourth-order valence-electron chi connectivity index (χ4n) is 2.57. The number of anilines is 1. The van der Waals surface area contributed by atoms with Crippen molar-refractivity contribution in [2.75, 3.05) is 18.0 Å². The van der Waals surface area contributed by atoms with Crippen LogP contribution in [0.5, 0.6) is 0 Å². The standard InChI is InChI=1S/C13H19ClN2/c1-10-5-11(2)9-16(8-10)13-6-12(7-14)3-4-15-13/h3-4,6,10-11H,5,7-9H2,1-2H3. The van der Waals surface area contributed by atoms with Gasteiger partial charge in [0, 0.05) is 25.2 Å². The number of piperidine rings is 1. The highest BCUT2D eigenvalue weighted by molar-refractivity contribution is 6.17. The molecule has 2 nitrogen and oxygen atoms in total. The number of aromatic nitrogens is 1. The van der Waals surface area contributed by atoms with Gasteiger partial charge in [0.2, 0.25) is 0 Å². The van der Waals surface area contributed by atoms with Crippen LogP contribution in [-0.2, 0) is 5.88 Å². The molecule has 2 atom stereocenters. The van der Waals surface area contributed by atoms with Crippen LogP contribution in [-0.4, -0.2) is 18.1 Å². The van der Waals surface area contributed by atoms with Gasteiger partial charge < -0.3 is 4.90 Å². The van der Waals surface area contributed by atoms with Crippen molar-refractivity contribution < 1.29 is 0 Å². The van der Waals surface area contributed by atoms with E-state index in [1.807, 2.05) is 12.3 Å². The van der Waals surface area contributed by atoms with Crippen molar-refractivity contribution >= 4 is 17.4 Å². The van der Waals surface area contributed by atoms with Crippen molar-refractivity contribution in [2.45, 2.75) is 26.1 Å². The molecule has 2 rings (SSSR count). The topological polar surface area (TPSA) is 16.1 Å². The maximum atomic E-state index is 5.85. The molecule has 2 heterocycles. The van der Waals surface area contributed by atoms with Gasteiger partial charge in [0.25, 0.3) is 0 Å². The summed E-state index contributed by atoms with van der Waals surface area (Å²) in [5.74, 6) is 3.15. The lowest BCUT2D eigenvalue weighted by molar-refractivity contribution is 0.355. The normalized spacial score (nSPS) is 25.8. The second-order valence-corrected chi connectivity index (χ2v) is 5.27. The van der Waals surface area contributed by atoms with E-state index < -0.39 is 0 Å². The molecule has 0 aliphatic carbocycles. The van der Waals surface area contributed by atoms with Crippen LogP contribution in [0.15, 0.2) is 18.3 Å². The van der Waals surface area contributed by atoms with Crippen LogP contribution in [0.1, 0.15) is 25.8 Å². The zero-order valence-electron chi connectivity index (χ0n) is 9.99. The molecule has 2 unspecified atom stereocenters. The summed E-state index contributed by atoms with van der Waals surface area (Å²) in [7, 11) is 0. The minimum atomic E-state index is 0.564. The zero-order chi connectivity index (χ0) is 11.5. The van der Waals surface area contributed by atoms with Crippen LogP contribution >= 0.6 is 11.6 Å². The molecular formula is C13H19ClN2. The molecule has 1 aliphatic heterocycles. The minimum Gasteiger partial charge on any atom is -0.356 e. The van der Waals surface area contributed by atoms with Gasteiger partial charge in [0.15, 0.2) is 0 Å². The quantitative estimate of drug-likeness (QED) is 0.735. The fourth-order valence-corrected chi connectivity index (χ4v) is 2.73. The molecule has 0 bridgehead atoms. The first kappa shape index (κ1) is 11.7. The molecule has 1 aromatic rings. The average molecular weight is 239 g/mol. The molecule has 0 aromatic carbocycles. The second-order valence-electron chi connectivity index (χ2n) is 5.01. The van der Waals surface area contributed by atoms with E-state index in [1.165, 1.54) is 6.42 Å². The summed E-state index contributed by atoms with van der Waals surface area (Å²) in [4.78, 5) is 6.83. The van der Waals surface area contributed by atoms with Crippen molar-refractivity contribution in [3.63, 3.8) is 0 Å². The first-order chi connectivity index (χ1) is 7.69. The summed E-state index contributed by atoms with van der Waals surface area (Å²) in [6.45, 7) is 6.86. The summed E-state index contributed by atoms with van der Waals surface area (Å²) in [5, 5.41) is 0. The highest BCUT2D eigenvalue weighted by Crippen LogP contribution is 2.25. The smallest absolute Gasteiger partial charge is 0.128 e. The molecule has 0 saturated carbocycles. The summed E-state index contributed by atoms with van der Waals surface area (Å²) in [6.07, 6.45) is 3.18. The van der Waals surface area contributed by atoms with Crippen molar-refractivity contribution in [3.8, 4) is 0 Å². The number of rotatable bonds is 2. The van der Waals surface area contributed by atoms with Gasteiger partial charge in [-0.3, -0.25) is 0 Å². The van der Waals surface area contributed by atoms with E-state index in [0.29, 0.717) is 5.88 Å². The molecular weight excluding hydrogens is 220 g/mol. The fraction of sp³-hybridized carbons (Fsp3) is 0.615. The Labute approximate surface area is 103 Å². The molecule has 3 heteroatoms. The SMILES string of the molecule is CC1CC(C)CN(c2cc(CCl)ccn2)C1. The Bertz CT molecular complexity index is 344. The molecule has 88 valence electrons. The molecule has 16 heavy (non-hydrogen) atoms. The molecule has 0 spiro atoms. The van der Waals surface area contributed by atoms with Gasteiger partial charge in [0.05, 0.1) is 0 Å². The van der Waals surface area contributed by atoms with Crippen molar-refractivity contribution in [1.29, 1.82) is 0 Å². The van der Waals surface area contributed by atoms with Gasteiger partial charge >= 0.3 is 0 Å². The third kappa shape index (κ3) is 2.67. The first-order valence-corrected chi connectivity index (χ1v) is 6.48. The molecule has 1 aliphatic rings. The predicted octanol–water partition coefficient (Wildman–Crippen LogP) is 3.30. The highest BCUT2D eigenvalue weighted by atomic mass is 35.5. The maximum Gasteiger partial charge on any atom is 0.128 e. The number of pyridine rings is 1. The number of nitrogens with zero attached hydrogens (tertiary/aromatic N) is 2. The van der Waals surface area contributed by atoms with E-state index >= 15 is 0 Å². The maximum absolute atomic E-state index is 5.85. The number of halogens is 1. The van der Waals surface area contributed by atoms with Gasteiger partial charge in [-0.05, 0) is 36.0 Å². The average Bonchev–Trinajstić information content (AvgIpc) is 2.28. The van der Waals surface area contributed by atoms with E-state index in [2.05, 4.69) is 29.8 Å². The van der Waals surface area contributed by atoms with Crippen LogP contribution in [0.25, 0.3) is 0 Å². The molecule has 0 radical (unpaired) electrons. The summed E-state index contributed by atoms with van der Waals surface area (Å²) < 4.78 is 0. The lowest BCUT2D eigenvalue weighted by atomic mass is 9.92. The number of hydrogen-bond donors (Lipinski definition) is 0. The summed E-state index contributed by atoms with van der Waals surface area (Å²) >= 11 is 5.85. The number of alkyl halides is 1. The zero-order valence-corrected chi connectivity index (χ0v) is 10.7. The predicted molar refractivity (Wildman–Crippen MR) is 69.0 cm³/mol. The molecule has 1 aromatic heterocycles. The minimum absolute atomic E-state index is 0.564. The van der Waals surface area contributed by atoms with Crippen LogP contribution in [0.3, 0.4) is 0 Å². The van der Waals surface area contributed by atoms with E-state index in [9.17, 15) is 0 Å². The lowest BCUT2D eigenvalue weighted by Gasteiger charge is -2.35. The second kappa shape index (κ2) is 5.05. The molecule has 0 N–H and O–H groups in total. The van der Waals surface area contributed by atoms with E-state index in [4.69, 9.17) is 11.6 Å². The Balaban J connectivity index is 2.16. The first-order valence-electron chi connectivity index (χ1n) is 5.95. The molecule has 1 fully saturated rings. The van der Waals surface area contributed by atoms with Gasteiger partial charge in [-0.2, -0.15) is 0 Å². The highest BCUT2D eigenvalue weighted by Gasteiger charge is 2.22. The monoisotopic (exact) mass is 238 g/mol. The van der Waals surface area contributed by atoms with Crippen LogP contribution in [0.4, 0.5) is 5.82 Å². The Hall–Kier alpha value is -0.760. The summed E-state index contributed by atoms with van der Waals surface area (Å²) in [6, 6.07) is 4.09. The van der Waals surface area contributed by atoms with Crippen LogP contribution in [0.2, 0.25) is 0 Å². The third-order valence-electron chi connectivity index (χ3n) is 3.16. The summed E-state index contributed by atoms with van der Waals surface area (Å²) in [5.41, 5.74) is 1.15. The van der Waals surface area contributed by atoms with Gasteiger partial charge in [-0.1, -0.05) is 13.8 Å². The Morgan fingerprint density at radius 1 is 1.38 bits per heavy atom. The Kier molecular flexibility index (Phi) is 3.70. The Morgan fingerprint density at radius 3 is 2.69 bits per heavy atom. The lowest BCUT2D eigenvalue weighted by Crippen LogP contribution is -2.39. The van der Waals surface area contributed by atoms with Crippen LogP contribution in [0, 0.1) is 11.8 Å². The van der Waals surface area contributed by atoms with Crippen molar-refractivity contribution in [1.82, 2.24) is 4.98 Å². The molecule has 0 amide bonds. The third-order valence-corrected chi connectivity index (χ3v) is 3.47. The van der Waals surface area contributed by atoms with Gasteiger partial charge in [0.1, 0.15) is 5.82 Å². The largest absolute Gasteiger partial charge is 0.356 e. The van der Waals surface area contributed by atoms with Gasteiger partial charge in [-0.15, -0.1) is 11.6 Å². The Morgan fingerprint density at radius 2 is 2.06 bits per heavy atom. The molecule has 1 saturated heterocycles. The van der Waals surface area contributed by atoms with Crippen LogP contribution < -0.4 is 4.90 Å². The van der Waals surface area contributed by atoms with Crippen molar-refractivity contribution in [3.05, 3.63) is 23.9 Å². The van der Waals surface area contributed by atoms with Gasteiger partial charge in [-0.25, -0.2) is 4.98 Å². The van der Waals surface area contributed by atoms with E-state index in [1.54, 1.807) is 0 Å². The van der Waals surface area contributed by atoms with E-state index in [-0.39, 0.29) is 0 Å². The van der Waals surface area contributed by atoms with E-state index in [0.717, 1.165) is 36.3 Å². The van der Waals surface area contributed by atoms with Crippen molar-refractivity contribution in [2.24, 2.45) is 11.8 Å².